The van der Waals surface area contributed by atoms with E-state index in [0.29, 0.717) is 12.1 Å². The van der Waals surface area contributed by atoms with Crippen LogP contribution in [0.4, 0.5) is 14.5 Å². The van der Waals surface area contributed by atoms with Crippen molar-refractivity contribution in [1.82, 2.24) is 5.32 Å². The summed E-state index contributed by atoms with van der Waals surface area (Å²) in [4.78, 5) is 20.7. The first-order valence-corrected chi connectivity index (χ1v) is 4.78. The zero-order valence-electron chi connectivity index (χ0n) is 9.29. The van der Waals surface area contributed by atoms with Crippen LogP contribution in [0.15, 0.2) is 12.1 Å². The number of hydrogen-bond acceptors (Lipinski definition) is 3. The molecule has 1 amide bonds. The Balaban J connectivity index is 3.03. The maximum Gasteiger partial charge on any atom is 0.307 e. The topological polar surface area (TPSA) is 72.2 Å². The van der Waals surface area contributed by atoms with Crippen molar-refractivity contribution in [3.63, 3.8) is 0 Å². The van der Waals surface area contributed by atoms with Gasteiger partial charge in [0, 0.05) is 0 Å². The van der Waals surface area contributed by atoms with Crippen LogP contribution in [0.25, 0.3) is 0 Å². The molecule has 0 aliphatic heterocycles. The van der Waals surface area contributed by atoms with Crippen LogP contribution in [0.3, 0.4) is 0 Å². The second kappa shape index (κ2) is 5.72. The van der Waals surface area contributed by atoms with Crippen molar-refractivity contribution in [3.8, 4) is 11.8 Å². The Kier molecular flexibility index (Phi) is 4.32. The van der Waals surface area contributed by atoms with Gasteiger partial charge in [0.25, 0.3) is 5.91 Å². The van der Waals surface area contributed by atoms with Crippen molar-refractivity contribution in [2.75, 3.05) is 6.54 Å². The van der Waals surface area contributed by atoms with Gasteiger partial charge in [0.15, 0.2) is 0 Å². The Labute approximate surface area is 101 Å². The van der Waals surface area contributed by atoms with Crippen LogP contribution in [0.5, 0.6) is 0 Å². The van der Waals surface area contributed by atoms with E-state index < -0.39 is 33.7 Å². The van der Waals surface area contributed by atoms with Crippen LogP contribution in [0, 0.1) is 33.6 Å². The smallest absolute Gasteiger partial charge is 0.307 e. The molecule has 0 aliphatic rings. The van der Waals surface area contributed by atoms with Crippen molar-refractivity contribution in [1.29, 1.82) is 0 Å². The molecule has 0 aromatic heterocycles. The SMILES string of the molecule is CC#CCNC(=O)c1cc(F)c([N+](=O)[O-])cc1F. The van der Waals surface area contributed by atoms with E-state index in [0.717, 1.165) is 0 Å². The molecule has 0 saturated heterocycles. The van der Waals surface area contributed by atoms with Gasteiger partial charge in [-0.05, 0) is 13.0 Å². The molecular weight excluding hydrogens is 246 g/mol. The number of carbonyl (C=O) groups excluding carboxylic acids is 1. The van der Waals surface area contributed by atoms with Gasteiger partial charge in [0.1, 0.15) is 5.82 Å². The minimum atomic E-state index is -1.27. The summed E-state index contributed by atoms with van der Waals surface area (Å²) in [6, 6.07) is 0.859. The molecule has 0 fully saturated rings. The van der Waals surface area contributed by atoms with Crippen LogP contribution in [-0.4, -0.2) is 17.4 Å². The van der Waals surface area contributed by atoms with E-state index in [4.69, 9.17) is 0 Å². The van der Waals surface area contributed by atoms with Gasteiger partial charge in [0.05, 0.1) is 23.1 Å². The van der Waals surface area contributed by atoms with E-state index in [2.05, 4.69) is 17.2 Å². The van der Waals surface area contributed by atoms with Crippen LogP contribution >= 0.6 is 0 Å². The lowest BCUT2D eigenvalue weighted by Crippen LogP contribution is -2.24. The average Bonchev–Trinajstić information content (AvgIpc) is 2.31. The number of nitro benzene ring substituents is 1. The highest BCUT2D eigenvalue weighted by atomic mass is 19.1. The van der Waals surface area contributed by atoms with E-state index in [1.54, 1.807) is 6.92 Å². The molecule has 5 nitrogen and oxygen atoms in total. The normalized spacial score (nSPS) is 9.28. The first kappa shape index (κ1) is 13.6. The van der Waals surface area contributed by atoms with Gasteiger partial charge in [-0.1, -0.05) is 5.92 Å². The summed E-state index contributed by atoms with van der Waals surface area (Å²) >= 11 is 0. The molecular formula is C11H8F2N2O3. The molecule has 7 heteroatoms. The van der Waals surface area contributed by atoms with E-state index >= 15 is 0 Å². The molecule has 0 aliphatic carbocycles. The maximum atomic E-state index is 13.4. The number of carbonyl (C=O) groups is 1. The summed E-state index contributed by atoms with van der Waals surface area (Å²) in [5.41, 5.74) is -1.62. The molecule has 0 atom stereocenters. The summed E-state index contributed by atoms with van der Waals surface area (Å²) in [5, 5.41) is 12.6. The third kappa shape index (κ3) is 3.01. The van der Waals surface area contributed by atoms with E-state index in [-0.39, 0.29) is 6.54 Å². The summed E-state index contributed by atoms with van der Waals surface area (Å²) in [6.45, 7) is 1.53. The molecule has 0 heterocycles. The monoisotopic (exact) mass is 254 g/mol. The molecule has 0 saturated carbocycles. The lowest BCUT2D eigenvalue weighted by atomic mass is 10.1. The molecule has 1 aromatic rings. The molecule has 1 rings (SSSR count). The zero-order valence-corrected chi connectivity index (χ0v) is 9.29. The fraction of sp³-hybridized carbons (Fsp3) is 0.182. The fourth-order valence-electron chi connectivity index (χ4n) is 1.16. The number of nitro groups is 1. The largest absolute Gasteiger partial charge is 0.341 e. The number of rotatable bonds is 3. The molecule has 94 valence electrons. The molecule has 0 unspecified atom stereocenters. The summed E-state index contributed by atoms with van der Waals surface area (Å²) in [5.74, 6) is 1.69. The summed E-state index contributed by atoms with van der Waals surface area (Å²) in [6.07, 6.45) is 0. The van der Waals surface area contributed by atoms with E-state index in [9.17, 15) is 23.7 Å². The number of amides is 1. The number of benzene rings is 1. The Morgan fingerprint density at radius 2 is 2.11 bits per heavy atom. The highest BCUT2D eigenvalue weighted by molar-refractivity contribution is 5.94. The minimum absolute atomic E-state index is 0.0205. The fourth-order valence-corrected chi connectivity index (χ4v) is 1.16. The van der Waals surface area contributed by atoms with Crippen LogP contribution in [-0.2, 0) is 0 Å². The van der Waals surface area contributed by atoms with Gasteiger partial charge in [-0.15, -0.1) is 5.92 Å². The van der Waals surface area contributed by atoms with Gasteiger partial charge in [-0.2, -0.15) is 4.39 Å². The highest BCUT2D eigenvalue weighted by Crippen LogP contribution is 2.21. The van der Waals surface area contributed by atoms with Crippen LogP contribution < -0.4 is 5.32 Å². The zero-order chi connectivity index (χ0) is 13.7. The second-order valence-electron chi connectivity index (χ2n) is 3.15. The van der Waals surface area contributed by atoms with Crippen molar-refractivity contribution >= 4 is 11.6 Å². The van der Waals surface area contributed by atoms with Crippen LogP contribution in [0.1, 0.15) is 17.3 Å². The lowest BCUT2D eigenvalue weighted by molar-refractivity contribution is -0.387. The third-order valence-electron chi connectivity index (χ3n) is 1.99. The first-order chi connectivity index (χ1) is 8.47. The van der Waals surface area contributed by atoms with E-state index in [1.807, 2.05) is 0 Å². The Morgan fingerprint density at radius 3 is 2.67 bits per heavy atom. The molecule has 1 aromatic carbocycles. The van der Waals surface area contributed by atoms with Crippen molar-refractivity contribution in [2.45, 2.75) is 6.92 Å². The quantitative estimate of drug-likeness (QED) is 0.506. The number of nitrogens with zero attached hydrogens (tertiary/aromatic N) is 1. The minimum Gasteiger partial charge on any atom is -0.341 e. The molecule has 18 heavy (non-hydrogen) atoms. The van der Waals surface area contributed by atoms with Crippen molar-refractivity contribution in [3.05, 3.63) is 39.4 Å². The Hall–Kier alpha value is -2.49. The van der Waals surface area contributed by atoms with Crippen LogP contribution in [0.2, 0.25) is 0 Å². The second-order valence-corrected chi connectivity index (χ2v) is 3.15. The van der Waals surface area contributed by atoms with Gasteiger partial charge in [0.2, 0.25) is 5.82 Å². The Bertz CT molecular complexity index is 561. The number of halogens is 2. The van der Waals surface area contributed by atoms with Gasteiger partial charge in [-0.25, -0.2) is 4.39 Å². The molecule has 0 bridgehead atoms. The highest BCUT2D eigenvalue weighted by Gasteiger charge is 2.21. The molecule has 0 radical (unpaired) electrons. The van der Waals surface area contributed by atoms with Gasteiger partial charge in [-0.3, -0.25) is 14.9 Å². The summed E-state index contributed by atoms with van der Waals surface area (Å²) in [7, 11) is 0. The number of hydrogen-bond donors (Lipinski definition) is 1. The standard InChI is InChI=1S/C11H8F2N2O3/c1-2-3-4-14-11(16)7-5-9(13)10(15(17)18)6-8(7)12/h5-6H,4H2,1H3,(H,14,16). The average molecular weight is 254 g/mol. The predicted octanol–water partition coefficient (Wildman–Crippen LogP) is 1.63. The predicted molar refractivity (Wildman–Crippen MR) is 58.8 cm³/mol. The first-order valence-electron chi connectivity index (χ1n) is 4.78. The van der Waals surface area contributed by atoms with E-state index in [1.165, 1.54) is 0 Å². The third-order valence-corrected chi connectivity index (χ3v) is 1.99. The molecule has 1 N–H and O–H groups in total. The molecule has 0 spiro atoms. The number of nitrogens with one attached hydrogen (secondary N) is 1. The van der Waals surface area contributed by atoms with Crippen molar-refractivity contribution < 1.29 is 18.5 Å². The summed E-state index contributed by atoms with van der Waals surface area (Å²) < 4.78 is 26.6. The van der Waals surface area contributed by atoms with Gasteiger partial charge < -0.3 is 5.32 Å². The maximum absolute atomic E-state index is 13.4. The van der Waals surface area contributed by atoms with Crippen molar-refractivity contribution in [2.24, 2.45) is 0 Å². The lowest BCUT2D eigenvalue weighted by Gasteiger charge is -2.03. The Morgan fingerprint density at radius 1 is 1.44 bits per heavy atom. The van der Waals surface area contributed by atoms with Gasteiger partial charge >= 0.3 is 5.69 Å².